The number of imide groups is 1. The van der Waals surface area contributed by atoms with Crippen LogP contribution in [0.4, 0.5) is 13.2 Å². The monoisotopic (exact) mass is 335 g/mol. The van der Waals surface area contributed by atoms with Gasteiger partial charge in [-0.2, -0.15) is 13.2 Å². The highest BCUT2D eigenvalue weighted by Crippen LogP contribution is 2.28. The smallest absolute Gasteiger partial charge is 0.273 e. The van der Waals surface area contributed by atoms with Gasteiger partial charge in [0.25, 0.3) is 11.8 Å². The molecule has 0 spiro atoms. The Morgan fingerprint density at radius 2 is 1.55 bits per heavy atom. The number of amides is 2. The first kappa shape index (κ1) is 16.5. The predicted octanol–water partition coefficient (Wildman–Crippen LogP) is 1.65. The van der Waals surface area contributed by atoms with Gasteiger partial charge in [0, 0.05) is 12.8 Å². The Labute approximate surface area is 124 Å². The van der Waals surface area contributed by atoms with Crippen LogP contribution in [0.2, 0.25) is 0 Å². The fourth-order valence-corrected chi connectivity index (χ4v) is 3.13. The summed E-state index contributed by atoms with van der Waals surface area (Å²) >= 11 is 0. The van der Waals surface area contributed by atoms with Crippen molar-refractivity contribution in [3.8, 4) is 0 Å². The zero-order valence-corrected chi connectivity index (χ0v) is 12.2. The van der Waals surface area contributed by atoms with Crippen molar-refractivity contribution >= 4 is 21.7 Å². The number of fused-ring (bicyclic) bond motifs is 1. The van der Waals surface area contributed by atoms with Crippen LogP contribution >= 0.6 is 0 Å². The van der Waals surface area contributed by atoms with E-state index in [1.807, 2.05) is 0 Å². The van der Waals surface area contributed by atoms with Crippen molar-refractivity contribution in [3.05, 3.63) is 35.4 Å². The van der Waals surface area contributed by atoms with Gasteiger partial charge in [-0.3, -0.25) is 14.5 Å². The Bertz CT molecular complexity index is 692. The van der Waals surface area contributed by atoms with Crippen LogP contribution < -0.4 is 0 Å². The Kier molecular flexibility index (Phi) is 4.03. The minimum absolute atomic E-state index is 0.0618. The molecule has 5 nitrogen and oxygen atoms in total. The molecule has 1 aliphatic rings. The number of benzene rings is 1. The van der Waals surface area contributed by atoms with Crippen molar-refractivity contribution in [2.75, 3.05) is 12.8 Å². The molecule has 120 valence electrons. The standard InChI is InChI=1S/C13H12F3NO4S/c1-22(20,21)8(6-13(14,15)16)7-17-11(18)9-4-2-3-5-10(9)12(17)19/h2-5,8H,6-7H2,1H3. The zero-order chi connectivity index (χ0) is 16.7. The number of carbonyl (C=O) groups is 2. The summed E-state index contributed by atoms with van der Waals surface area (Å²) in [6.07, 6.45) is -5.67. The van der Waals surface area contributed by atoms with E-state index in [9.17, 15) is 31.2 Å². The van der Waals surface area contributed by atoms with E-state index in [2.05, 4.69) is 0 Å². The molecule has 1 aliphatic heterocycles. The predicted molar refractivity (Wildman–Crippen MR) is 71.1 cm³/mol. The Morgan fingerprint density at radius 3 is 1.91 bits per heavy atom. The van der Waals surface area contributed by atoms with Gasteiger partial charge in [0.05, 0.1) is 22.8 Å². The molecule has 9 heteroatoms. The number of hydrogen-bond donors (Lipinski definition) is 0. The first-order valence-corrected chi connectivity index (χ1v) is 8.17. The molecule has 1 aromatic carbocycles. The molecule has 0 aliphatic carbocycles. The van der Waals surface area contributed by atoms with Crippen LogP contribution in [0.15, 0.2) is 24.3 Å². The molecule has 0 aromatic heterocycles. The summed E-state index contributed by atoms with van der Waals surface area (Å²) in [6, 6.07) is 5.76. The maximum atomic E-state index is 12.5. The van der Waals surface area contributed by atoms with Gasteiger partial charge in [0.15, 0.2) is 9.84 Å². The van der Waals surface area contributed by atoms with Gasteiger partial charge >= 0.3 is 6.18 Å². The van der Waals surface area contributed by atoms with Crippen molar-refractivity contribution < 1.29 is 31.2 Å². The second-order valence-electron chi connectivity index (χ2n) is 5.04. The number of rotatable bonds is 4. The van der Waals surface area contributed by atoms with Crippen LogP contribution in [0.5, 0.6) is 0 Å². The molecule has 0 saturated heterocycles. The summed E-state index contributed by atoms with van der Waals surface area (Å²) in [7, 11) is -4.09. The van der Waals surface area contributed by atoms with Gasteiger partial charge in [-0.25, -0.2) is 8.42 Å². The highest BCUT2D eigenvalue weighted by atomic mass is 32.2. The summed E-state index contributed by atoms with van der Waals surface area (Å²) < 4.78 is 60.6. The molecule has 2 amide bonds. The normalized spacial score (nSPS) is 16.8. The van der Waals surface area contributed by atoms with E-state index in [0.29, 0.717) is 11.2 Å². The number of sulfone groups is 1. The second-order valence-corrected chi connectivity index (χ2v) is 7.36. The summed E-state index contributed by atoms with van der Waals surface area (Å²) in [6.45, 7) is -0.815. The third kappa shape index (κ3) is 3.29. The van der Waals surface area contributed by atoms with Gasteiger partial charge in [-0.15, -0.1) is 0 Å². The van der Waals surface area contributed by atoms with Gasteiger partial charge < -0.3 is 0 Å². The summed E-state index contributed by atoms with van der Waals surface area (Å²) in [5.74, 6) is -1.56. The van der Waals surface area contributed by atoms with Crippen LogP contribution in [-0.2, 0) is 9.84 Å². The molecule has 1 heterocycles. The quantitative estimate of drug-likeness (QED) is 0.785. The maximum absolute atomic E-state index is 12.5. The van der Waals surface area contributed by atoms with Crippen molar-refractivity contribution in [1.82, 2.24) is 4.90 Å². The topological polar surface area (TPSA) is 71.5 Å². The van der Waals surface area contributed by atoms with Gasteiger partial charge in [0.2, 0.25) is 0 Å². The lowest BCUT2D eigenvalue weighted by Gasteiger charge is -2.22. The molecule has 1 atom stereocenters. The number of halogens is 3. The first-order chi connectivity index (χ1) is 10.0. The van der Waals surface area contributed by atoms with Crippen molar-refractivity contribution in [2.24, 2.45) is 0 Å². The summed E-state index contributed by atoms with van der Waals surface area (Å²) in [5.41, 5.74) is 0.124. The minimum Gasteiger partial charge on any atom is -0.273 e. The third-order valence-corrected chi connectivity index (χ3v) is 4.86. The van der Waals surface area contributed by atoms with E-state index in [1.165, 1.54) is 24.3 Å². The summed E-state index contributed by atoms with van der Waals surface area (Å²) in [5, 5.41) is -1.88. The number of nitrogens with zero attached hydrogens (tertiary/aromatic N) is 1. The van der Waals surface area contributed by atoms with Gasteiger partial charge in [0.1, 0.15) is 0 Å². The number of hydrogen-bond acceptors (Lipinski definition) is 4. The van der Waals surface area contributed by atoms with E-state index < -0.39 is 46.0 Å². The fourth-order valence-electron chi connectivity index (χ4n) is 2.22. The van der Waals surface area contributed by atoms with Crippen molar-refractivity contribution in [1.29, 1.82) is 0 Å². The number of carbonyl (C=O) groups excluding carboxylic acids is 2. The maximum Gasteiger partial charge on any atom is 0.390 e. The Hall–Kier alpha value is -1.90. The minimum atomic E-state index is -4.72. The zero-order valence-electron chi connectivity index (χ0n) is 11.4. The molecular formula is C13H12F3NO4S. The van der Waals surface area contributed by atoms with Crippen LogP contribution in [0.1, 0.15) is 27.1 Å². The molecule has 1 aromatic rings. The Morgan fingerprint density at radius 1 is 1.09 bits per heavy atom. The number of alkyl halides is 3. The Balaban J connectivity index is 2.29. The van der Waals surface area contributed by atoms with E-state index in [0.717, 1.165) is 0 Å². The van der Waals surface area contributed by atoms with Crippen LogP contribution in [-0.4, -0.2) is 49.4 Å². The van der Waals surface area contributed by atoms with Crippen LogP contribution in [0, 0.1) is 0 Å². The molecule has 0 saturated carbocycles. The molecule has 0 fully saturated rings. The largest absolute Gasteiger partial charge is 0.390 e. The molecule has 2 rings (SSSR count). The van der Waals surface area contributed by atoms with E-state index in [1.54, 1.807) is 0 Å². The SMILES string of the molecule is CS(=O)(=O)C(CN1C(=O)c2ccccc2C1=O)CC(F)(F)F. The molecular weight excluding hydrogens is 323 g/mol. The van der Waals surface area contributed by atoms with Crippen molar-refractivity contribution in [2.45, 2.75) is 17.8 Å². The highest BCUT2D eigenvalue weighted by Gasteiger charge is 2.42. The molecule has 0 N–H and O–H groups in total. The van der Waals surface area contributed by atoms with Gasteiger partial charge in [-0.1, -0.05) is 12.1 Å². The molecule has 0 bridgehead atoms. The van der Waals surface area contributed by atoms with Crippen LogP contribution in [0.3, 0.4) is 0 Å². The van der Waals surface area contributed by atoms with Crippen molar-refractivity contribution in [3.63, 3.8) is 0 Å². The third-order valence-electron chi connectivity index (χ3n) is 3.33. The lowest BCUT2D eigenvalue weighted by atomic mass is 10.1. The highest BCUT2D eigenvalue weighted by molar-refractivity contribution is 7.91. The lowest BCUT2D eigenvalue weighted by Crippen LogP contribution is -2.42. The van der Waals surface area contributed by atoms with E-state index in [-0.39, 0.29) is 11.1 Å². The molecule has 1 unspecified atom stereocenters. The average molecular weight is 335 g/mol. The summed E-state index contributed by atoms with van der Waals surface area (Å²) in [4.78, 5) is 24.7. The fraction of sp³-hybridized carbons (Fsp3) is 0.385. The molecule has 0 radical (unpaired) electrons. The van der Waals surface area contributed by atoms with Crippen LogP contribution in [0.25, 0.3) is 0 Å². The molecule has 22 heavy (non-hydrogen) atoms. The van der Waals surface area contributed by atoms with E-state index in [4.69, 9.17) is 0 Å². The van der Waals surface area contributed by atoms with Gasteiger partial charge in [-0.05, 0) is 12.1 Å². The average Bonchev–Trinajstić information content (AvgIpc) is 2.61. The second kappa shape index (κ2) is 5.38. The lowest BCUT2D eigenvalue weighted by molar-refractivity contribution is -0.134. The van der Waals surface area contributed by atoms with E-state index >= 15 is 0 Å². The first-order valence-electron chi connectivity index (χ1n) is 6.21.